The number of carbonyl (C=O) groups excluding carboxylic acids is 1. The molecule has 0 spiro atoms. The molecule has 0 bridgehead atoms. The van der Waals surface area contributed by atoms with Crippen LogP contribution in [0.3, 0.4) is 0 Å². The number of hydrogen-bond donors (Lipinski definition) is 1. The number of methoxy groups -OCH3 is 1. The van der Waals surface area contributed by atoms with Crippen LogP contribution in [0.25, 0.3) is 11.7 Å². The number of ketones is 1. The lowest BCUT2D eigenvalue weighted by atomic mass is 9.95. The molecule has 25 heavy (non-hydrogen) atoms. The monoisotopic (exact) mass is 339 g/mol. The van der Waals surface area contributed by atoms with Crippen molar-refractivity contribution in [3.8, 4) is 0 Å². The molecule has 2 aromatic heterocycles. The summed E-state index contributed by atoms with van der Waals surface area (Å²) < 4.78 is 11.9. The van der Waals surface area contributed by atoms with E-state index in [0.29, 0.717) is 29.0 Å². The summed E-state index contributed by atoms with van der Waals surface area (Å²) >= 11 is 0. The van der Waals surface area contributed by atoms with Crippen molar-refractivity contribution < 1.29 is 14.1 Å². The molecule has 0 radical (unpaired) electrons. The molecule has 7 heteroatoms. The Balaban J connectivity index is 2.18. The maximum Gasteiger partial charge on any atom is 0.282 e. The van der Waals surface area contributed by atoms with Gasteiger partial charge in [-0.15, -0.1) is 11.2 Å². The van der Waals surface area contributed by atoms with Gasteiger partial charge in [0.1, 0.15) is 5.76 Å². The zero-order chi connectivity index (χ0) is 18.1. The lowest BCUT2D eigenvalue weighted by molar-refractivity contribution is -0.115. The Kier molecular flexibility index (Phi) is 4.14. The van der Waals surface area contributed by atoms with E-state index in [1.165, 1.54) is 11.7 Å². The van der Waals surface area contributed by atoms with Gasteiger partial charge < -0.3 is 15.0 Å². The summed E-state index contributed by atoms with van der Waals surface area (Å²) in [5.74, 6) is 0.701. The Bertz CT molecular complexity index is 1030. The molecule has 2 heterocycles. The zero-order valence-electron chi connectivity index (χ0n) is 13.9. The number of rotatable bonds is 4. The molecule has 1 aliphatic carbocycles. The van der Waals surface area contributed by atoms with Crippen LogP contribution in [-0.4, -0.2) is 22.5 Å². The van der Waals surface area contributed by atoms with Crippen molar-refractivity contribution in [3.05, 3.63) is 69.5 Å². The van der Waals surface area contributed by atoms with E-state index < -0.39 is 5.56 Å². The fourth-order valence-electron chi connectivity index (χ4n) is 2.62. The largest absolute Gasteiger partial charge is 0.493 e. The van der Waals surface area contributed by atoms with Crippen LogP contribution in [0.1, 0.15) is 17.7 Å². The Hall–Kier alpha value is -3.35. The SMILES string of the molecule is C=CCC1=CC(=Cc2c(N)n3oc(C)cc3nc2=O)C=C(OC)C1=O. The number of aromatic nitrogens is 2. The molecule has 128 valence electrons. The number of hydrogen-bond acceptors (Lipinski definition) is 6. The molecule has 0 aliphatic heterocycles. The van der Waals surface area contributed by atoms with E-state index in [0.717, 1.165) is 0 Å². The van der Waals surface area contributed by atoms with Gasteiger partial charge in [0.25, 0.3) is 5.56 Å². The summed E-state index contributed by atoms with van der Waals surface area (Å²) in [6, 6.07) is 1.62. The Labute approximate surface area is 143 Å². The number of anilines is 1. The molecule has 0 atom stereocenters. The van der Waals surface area contributed by atoms with Crippen molar-refractivity contribution in [2.75, 3.05) is 12.8 Å². The molecule has 0 fully saturated rings. The Morgan fingerprint density at radius 1 is 1.40 bits per heavy atom. The molecular formula is C18H17N3O4. The summed E-state index contributed by atoms with van der Waals surface area (Å²) in [5, 5.41) is 0. The quantitative estimate of drug-likeness (QED) is 0.857. The van der Waals surface area contributed by atoms with Crippen molar-refractivity contribution in [2.24, 2.45) is 0 Å². The number of nitrogen functional groups attached to an aromatic ring is 1. The van der Waals surface area contributed by atoms with Gasteiger partial charge in [-0.3, -0.25) is 9.59 Å². The molecule has 0 saturated heterocycles. The maximum atomic E-state index is 12.3. The summed E-state index contributed by atoms with van der Waals surface area (Å²) in [5.41, 5.74) is 7.23. The number of fused-ring (bicyclic) bond motifs is 1. The highest BCUT2D eigenvalue weighted by Crippen LogP contribution is 2.24. The van der Waals surface area contributed by atoms with Crippen LogP contribution in [0.15, 0.2) is 57.1 Å². The molecular weight excluding hydrogens is 322 g/mol. The minimum absolute atomic E-state index is 0.138. The minimum atomic E-state index is -0.478. The minimum Gasteiger partial charge on any atom is -0.493 e. The van der Waals surface area contributed by atoms with Gasteiger partial charge in [0.2, 0.25) is 5.78 Å². The third kappa shape index (κ3) is 2.91. The normalized spacial score (nSPS) is 16.1. The smallest absolute Gasteiger partial charge is 0.282 e. The summed E-state index contributed by atoms with van der Waals surface area (Å²) in [4.78, 5) is 28.5. The van der Waals surface area contributed by atoms with Crippen molar-refractivity contribution in [1.29, 1.82) is 0 Å². The Morgan fingerprint density at radius 3 is 2.84 bits per heavy atom. The third-order valence-corrected chi connectivity index (χ3v) is 3.77. The molecule has 0 unspecified atom stereocenters. The van der Waals surface area contributed by atoms with Gasteiger partial charge in [0.15, 0.2) is 17.2 Å². The predicted octanol–water partition coefficient (Wildman–Crippen LogP) is 2.18. The Morgan fingerprint density at radius 2 is 2.16 bits per heavy atom. The first-order valence-corrected chi connectivity index (χ1v) is 7.57. The summed E-state index contributed by atoms with van der Waals surface area (Å²) in [7, 11) is 1.42. The van der Waals surface area contributed by atoms with E-state index in [4.69, 9.17) is 15.0 Å². The number of Topliss-reactive ketones (excluding diaryl/α,β-unsaturated/α-hetero) is 1. The van der Waals surface area contributed by atoms with Crippen molar-refractivity contribution in [2.45, 2.75) is 13.3 Å². The van der Waals surface area contributed by atoms with Gasteiger partial charge in [-0.1, -0.05) is 6.08 Å². The van der Waals surface area contributed by atoms with Crippen molar-refractivity contribution >= 4 is 23.3 Å². The van der Waals surface area contributed by atoms with Crippen LogP contribution in [0.4, 0.5) is 5.82 Å². The van der Waals surface area contributed by atoms with E-state index in [9.17, 15) is 9.59 Å². The fourth-order valence-corrected chi connectivity index (χ4v) is 2.62. The van der Waals surface area contributed by atoms with E-state index in [-0.39, 0.29) is 22.9 Å². The summed E-state index contributed by atoms with van der Waals surface area (Å²) in [6.07, 6.45) is 6.80. The van der Waals surface area contributed by atoms with Gasteiger partial charge in [-0.05, 0) is 37.1 Å². The molecule has 2 N–H and O–H groups in total. The second kappa shape index (κ2) is 6.27. The number of nitrogens with zero attached hydrogens (tertiary/aromatic N) is 2. The fraction of sp³-hybridized carbons (Fsp3) is 0.167. The zero-order valence-corrected chi connectivity index (χ0v) is 13.9. The lowest BCUT2D eigenvalue weighted by Crippen LogP contribution is -2.17. The van der Waals surface area contributed by atoms with Crippen molar-refractivity contribution in [1.82, 2.24) is 9.56 Å². The highest BCUT2D eigenvalue weighted by Gasteiger charge is 2.21. The van der Waals surface area contributed by atoms with Gasteiger partial charge in [0, 0.05) is 11.6 Å². The van der Waals surface area contributed by atoms with Crippen LogP contribution < -0.4 is 11.3 Å². The highest BCUT2D eigenvalue weighted by molar-refractivity contribution is 6.09. The predicted molar refractivity (Wildman–Crippen MR) is 93.9 cm³/mol. The lowest BCUT2D eigenvalue weighted by Gasteiger charge is -2.14. The van der Waals surface area contributed by atoms with Crippen LogP contribution >= 0.6 is 0 Å². The van der Waals surface area contributed by atoms with Gasteiger partial charge in [0.05, 0.1) is 12.7 Å². The average molecular weight is 339 g/mol. The van der Waals surface area contributed by atoms with Crippen molar-refractivity contribution in [3.63, 3.8) is 0 Å². The van der Waals surface area contributed by atoms with Gasteiger partial charge in [-0.2, -0.15) is 4.98 Å². The molecule has 1 aliphatic rings. The highest BCUT2D eigenvalue weighted by atomic mass is 16.5. The average Bonchev–Trinajstić information content (AvgIpc) is 2.94. The topological polar surface area (TPSA) is 99.8 Å². The van der Waals surface area contributed by atoms with Crippen LogP contribution in [0.5, 0.6) is 0 Å². The maximum absolute atomic E-state index is 12.3. The standard InChI is InChI=1S/C18H17N3O4/c1-4-5-12-7-11(9-14(24-3)16(12)22)8-13-17(19)21-15(20-18(13)23)6-10(2)25-21/h4,6-9H,1,5,19H2,2-3H3. The number of nitrogens with two attached hydrogens (primary N) is 1. The molecule has 0 amide bonds. The number of ether oxygens (including phenoxy) is 1. The van der Waals surface area contributed by atoms with Gasteiger partial charge in [-0.25, -0.2) is 0 Å². The molecule has 2 aromatic rings. The number of aryl methyl sites for hydroxylation is 1. The number of allylic oxidation sites excluding steroid dienone is 5. The van der Waals surface area contributed by atoms with E-state index in [2.05, 4.69) is 11.6 Å². The van der Waals surface area contributed by atoms with E-state index in [1.807, 2.05) is 0 Å². The van der Waals surface area contributed by atoms with E-state index in [1.54, 1.807) is 37.3 Å². The first-order valence-electron chi connectivity index (χ1n) is 7.57. The van der Waals surface area contributed by atoms with Gasteiger partial charge >= 0.3 is 0 Å². The molecule has 0 aromatic carbocycles. The first-order chi connectivity index (χ1) is 11.9. The summed E-state index contributed by atoms with van der Waals surface area (Å²) in [6.45, 7) is 5.38. The van der Waals surface area contributed by atoms with Crippen LogP contribution in [-0.2, 0) is 9.53 Å². The molecule has 3 rings (SSSR count). The second-order valence-electron chi connectivity index (χ2n) is 5.56. The van der Waals surface area contributed by atoms with Crippen LogP contribution in [0.2, 0.25) is 0 Å². The second-order valence-corrected chi connectivity index (χ2v) is 5.56. The first kappa shape index (κ1) is 16.5. The van der Waals surface area contributed by atoms with E-state index >= 15 is 0 Å². The van der Waals surface area contributed by atoms with Crippen LogP contribution in [0, 0.1) is 6.92 Å². The third-order valence-electron chi connectivity index (χ3n) is 3.77. The molecule has 0 saturated carbocycles. The molecule has 7 nitrogen and oxygen atoms in total. The number of carbonyl (C=O) groups is 1.